The van der Waals surface area contributed by atoms with Crippen LogP contribution in [-0.4, -0.2) is 24.9 Å². The highest BCUT2D eigenvalue weighted by Gasteiger charge is 2.43. The van der Waals surface area contributed by atoms with Crippen LogP contribution in [-0.2, 0) is 0 Å². The first-order chi connectivity index (χ1) is 9.35. The molecule has 0 aliphatic carbocycles. The highest BCUT2D eigenvalue weighted by atomic mass is 19.3. The number of nitrogens with zero attached hydrogens (tertiary/aromatic N) is 1. The molecule has 5 nitrogen and oxygen atoms in total. The van der Waals surface area contributed by atoms with E-state index >= 15 is 0 Å². The quantitative estimate of drug-likeness (QED) is 0.842. The lowest BCUT2D eigenvalue weighted by atomic mass is 10.1. The van der Waals surface area contributed by atoms with Gasteiger partial charge in [0.15, 0.2) is 0 Å². The lowest BCUT2D eigenvalue weighted by Gasteiger charge is -2.40. The zero-order valence-electron chi connectivity index (χ0n) is 10.2. The number of anilines is 1. The lowest BCUT2D eigenvalue weighted by molar-refractivity contribution is -0.0262. The summed E-state index contributed by atoms with van der Waals surface area (Å²) in [6.07, 6.45) is 0. The second kappa shape index (κ2) is 4.03. The molecule has 0 saturated carbocycles. The maximum Gasteiger partial charge on any atom is 0.349 e. The number of primary amides is 1. The third-order valence-corrected chi connectivity index (χ3v) is 3.19. The summed E-state index contributed by atoms with van der Waals surface area (Å²) in [6, 6.07) is 6.05. The molecule has 2 N–H and O–H groups in total. The first-order valence-electron chi connectivity index (χ1n) is 5.86. The van der Waals surface area contributed by atoms with Gasteiger partial charge >= 0.3 is 5.63 Å². The normalized spacial score (nSPS) is 17.0. The van der Waals surface area contributed by atoms with E-state index in [-0.39, 0.29) is 24.2 Å². The monoisotopic (exact) mass is 280 g/mol. The zero-order valence-corrected chi connectivity index (χ0v) is 10.2. The maximum absolute atomic E-state index is 12.8. The highest BCUT2D eigenvalue weighted by Crippen LogP contribution is 2.33. The lowest BCUT2D eigenvalue weighted by Crippen LogP contribution is -2.56. The van der Waals surface area contributed by atoms with Gasteiger partial charge in [-0.05, 0) is 18.2 Å². The van der Waals surface area contributed by atoms with Crippen molar-refractivity contribution in [2.75, 3.05) is 18.0 Å². The Kier molecular flexibility index (Phi) is 2.53. The van der Waals surface area contributed by atoms with Crippen molar-refractivity contribution in [3.8, 4) is 0 Å². The third-order valence-electron chi connectivity index (χ3n) is 3.19. The first-order valence-corrected chi connectivity index (χ1v) is 5.86. The predicted octanol–water partition coefficient (Wildman–Crippen LogP) is 1.35. The Hall–Kier alpha value is -2.44. The number of carbonyl (C=O) groups is 1. The molecule has 3 rings (SSSR count). The van der Waals surface area contributed by atoms with E-state index in [4.69, 9.17) is 10.2 Å². The summed E-state index contributed by atoms with van der Waals surface area (Å²) in [5.41, 5.74) is 4.75. The average Bonchev–Trinajstić information content (AvgIpc) is 2.34. The Morgan fingerprint density at radius 1 is 1.30 bits per heavy atom. The Morgan fingerprint density at radius 3 is 2.60 bits per heavy atom. The molecule has 1 fully saturated rings. The second-order valence-electron chi connectivity index (χ2n) is 4.75. The van der Waals surface area contributed by atoms with Gasteiger partial charge in [0.25, 0.3) is 11.8 Å². The number of amides is 1. The smallest absolute Gasteiger partial charge is 0.349 e. The van der Waals surface area contributed by atoms with Crippen molar-refractivity contribution in [3.63, 3.8) is 0 Å². The van der Waals surface area contributed by atoms with Crippen molar-refractivity contribution in [1.82, 2.24) is 0 Å². The first kappa shape index (κ1) is 12.6. The Balaban J connectivity index is 2.02. The van der Waals surface area contributed by atoms with Crippen LogP contribution >= 0.6 is 0 Å². The van der Waals surface area contributed by atoms with E-state index in [0.717, 1.165) is 0 Å². The molecule has 2 aromatic rings. The van der Waals surface area contributed by atoms with Crippen LogP contribution in [0.3, 0.4) is 0 Å². The molecule has 1 saturated heterocycles. The van der Waals surface area contributed by atoms with Gasteiger partial charge in [-0.3, -0.25) is 4.79 Å². The summed E-state index contributed by atoms with van der Waals surface area (Å²) < 4.78 is 30.6. The summed E-state index contributed by atoms with van der Waals surface area (Å²) in [5, 5.41) is 0.509. The Labute approximate surface area is 111 Å². The van der Waals surface area contributed by atoms with Crippen LogP contribution in [0.5, 0.6) is 0 Å². The number of benzene rings is 1. The molecule has 2 heterocycles. The minimum atomic E-state index is -2.67. The molecule has 7 heteroatoms. The Morgan fingerprint density at radius 2 is 2.00 bits per heavy atom. The van der Waals surface area contributed by atoms with Gasteiger partial charge in [0, 0.05) is 17.1 Å². The summed E-state index contributed by atoms with van der Waals surface area (Å²) in [5.74, 6) is -3.54. The number of nitrogens with two attached hydrogens (primary N) is 1. The van der Waals surface area contributed by atoms with E-state index in [1.54, 1.807) is 12.1 Å². The fraction of sp³-hybridized carbons (Fsp3) is 0.231. The standard InChI is InChI=1S/C13H10F2N2O3/c14-13(15)5-17(6-13)8-2-1-7-3-9(11(16)18)12(19)20-10(7)4-8/h1-4H,5-6H2,(H2,16,18). The number of hydrogen-bond donors (Lipinski definition) is 1. The molecule has 1 aliphatic heterocycles. The van der Waals surface area contributed by atoms with E-state index < -0.39 is 17.5 Å². The number of halogens is 2. The van der Waals surface area contributed by atoms with Gasteiger partial charge in [0.05, 0.1) is 13.1 Å². The van der Waals surface area contributed by atoms with E-state index in [0.29, 0.717) is 11.1 Å². The number of carbonyl (C=O) groups excluding carboxylic acids is 1. The van der Waals surface area contributed by atoms with Gasteiger partial charge in [0.1, 0.15) is 11.1 Å². The third kappa shape index (κ3) is 2.01. The summed E-state index contributed by atoms with van der Waals surface area (Å²) in [7, 11) is 0. The molecular weight excluding hydrogens is 270 g/mol. The number of hydrogen-bond acceptors (Lipinski definition) is 4. The molecule has 0 spiro atoms. The Bertz CT molecular complexity index is 762. The van der Waals surface area contributed by atoms with Crippen LogP contribution in [0.4, 0.5) is 14.5 Å². The molecule has 0 bridgehead atoms. The topological polar surface area (TPSA) is 76.5 Å². The van der Waals surface area contributed by atoms with E-state index in [9.17, 15) is 18.4 Å². The number of alkyl halides is 2. The highest BCUT2D eigenvalue weighted by molar-refractivity contribution is 5.95. The molecule has 0 radical (unpaired) electrons. The largest absolute Gasteiger partial charge is 0.422 e. The maximum atomic E-state index is 12.8. The second-order valence-corrected chi connectivity index (χ2v) is 4.75. The van der Waals surface area contributed by atoms with E-state index in [1.165, 1.54) is 17.0 Å². The van der Waals surface area contributed by atoms with Crippen LogP contribution < -0.4 is 16.3 Å². The van der Waals surface area contributed by atoms with Crippen LogP contribution in [0.15, 0.2) is 33.5 Å². The van der Waals surface area contributed by atoms with Crippen molar-refractivity contribution in [3.05, 3.63) is 40.2 Å². The predicted molar refractivity (Wildman–Crippen MR) is 68.2 cm³/mol. The molecular formula is C13H10F2N2O3. The van der Waals surface area contributed by atoms with Gasteiger partial charge in [-0.15, -0.1) is 0 Å². The molecule has 1 aromatic carbocycles. The number of fused-ring (bicyclic) bond motifs is 1. The minimum absolute atomic E-state index is 0.229. The van der Waals surface area contributed by atoms with Crippen LogP contribution in [0, 0.1) is 0 Å². The molecule has 0 atom stereocenters. The van der Waals surface area contributed by atoms with Crippen LogP contribution in [0.2, 0.25) is 0 Å². The molecule has 20 heavy (non-hydrogen) atoms. The van der Waals surface area contributed by atoms with Gasteiger partial charge in [0.2, 0.25) is 0 Å². The molecule has 0 unspecified atom stereocenters. The summed E-state index contributed by atoms with van der Waals surface area (Å²) in [6.45, 7) is -0.718. The van der Waals surface area contributed by atoms with Crippen molar-refractivity contribution in [2.45, 2.75) is 5.92 Å². The number of rotatable bonds is 2. The van der Waals surface area contributed by atoms with E-state index in [2.05, 4.69) is 0 Å². The van der Waals surface area contributed by atoms with E-state index in [1.807, 2.05) is 0 Å². The molecule has 1 aliphatic rings. The zero-order chi connectivity index (χ0) is 14.5. The molecule has 104 valence electrons. The van der Waals surface area contributed by atoms with Crippen molar-refractivity contribution >= 4 is 22.6 Å². The summed E-state index contributed by atoms with van der Waals surface area (Å²) >= 11 is 0. The SMILES string of the molecule is NC(=O)c1cc2ccc(N3CC(F)(F)C3)cc2oc1=O. The fourth-order valence-corrected chi connectivity index (χ4v) is 2.16. The van der Waals surface area contributed by atoms with Gasteiger partial charge < -0.3 is 15.1 Å². The van der Waals surface area contributed by atoms with Crippen LogP contribution in [0.25, 0.3) is 11.0 Å². The van der Waals surface area contributed by atoms with Gasteiger partial charge in [-0.25, -0.2) is 13.6 Å². The molecule has 1 amide bonds. The molecule has 1 aromatic heterocycles. The summed E-state index contributed by atoms with van der Waals surface area (Å²) in [4.78, 5) is 24.1. The fourth-order valence-electron chi connectivity index (χ4n) is 2.16. The van der Waals surface area contributed by atoms with Crippen molar-refractivity contribution < 1.29 is 18.0 Å². The minimum Gasteiger partial charge on any atom is -0.422 e. The van der Waals surface area contributed by atoms with Crippen LogP contribution in [0.1, 0.15) is 10.4 Å². The van der Waals surface area contributed by atoms with Crippen molar-refractivity contribution in [2.24, 2.45) is 5.73 Å². The van der Waals surface area contributed by atoms with Gasteiger partial charge in [-0.1, -0.05) is 0 Å². The average molecular weight is 280 g/mol. The van der Waals surface area contributed by atoms with Crippen molar-refractivity contribution in [1.29, 1.82) is 0 Å². The van der Waals surface area contributed by atoms with Gasteiger partial charge in [-0.2, -0.15) is 0 Å².